The molecule has 3 heteroatoms. The van der Waals surface area contributed by atoms with Crippen molar-refractivity contribution in [2.75, 3.05) is 6.61 Å². The molecular formula is C11H24O3. The molecule has 0 saturated heterocycles. The smallest absolute Gasteiger partial charge is 0.0592 e. The Morgan fingerprint density at radius 1 is 1.07 bits per heavy atom. The van der Waals surface area contributed by atoms with Gasteiger partial charge in [0.2, 0.25) is 0 Å². The topological polar surface area (TPSA) is 60.7 Å². The molecule has 0 amide bonds. The van der Waals surface area contributed by atoms with Crippen molar-refractivity contribution >= 4 is 0 Å². The molecule has 0 rings (SSSR count). The summed E-state index contributed by atoms with van der Waals surface area (Å²) < 4.78 is 0. The molecule has 0 radical (unpaired) electrons. The highest BCUT2D eigenvalue weighted by Crippen LogP contribution is 2.15. The Labute approximate surface area is 86.8 Å². The highest BCUT2D eigenvalue weighted by Gasteiger charge is 2.14. The molecule has 86 valence electrons. The van der Waals surface area contributed by atoms with Gasteiger partial charge in [0.15, 0.2) is 0 Å². The molecule has 1 atom stereocenters. The van der Waals surface area contributed by atoms with E-state index in [1.807, 2.05) is 0 Å². The highest BCUT2D eigenvalue weighted by atomic mass is 16.3. The van der Waals surface area contributed by atoms with E-state index >= 15 is 0 Å². The van der Waals surface area contributed by atoms with Gasteiger partial charge >= 0.3 is 0 Å². The van der Waals surface area contributed by atoms with Gasteiger partial charge in [-0.1, -0.05) is 12.8 Å². The second-order valence-corrected chi connectivity index (χ2v) is 4.58. The lowest BCUT2D eigenvalue weighted by molar-refractivity contribution is 0.0464. The van der Waals surface area contributed by atoms with Crippen LogP contribution in [0.4, 0.5) is 0 Å². The molecule has 0 saturated carbocycles. The van der Waals surface area contributed by atoms with Crippen LogP contribution in [0.1, 0.15) is 52.4 Å². The van der Waals surface area contributed by atoms with Crippen LogP contribution >= 0.6 is 0 Å². The third-order valence-corrected chi connectivity index (χ3v) is 2.28. The monoisotopic (exact) mass is 204 g/mol. The van der Waals surface area contributed by atoms with Gasteiger partial charge in [0.1, 0.15) is 0 Å². The molecule has 0 aliphatic heterocycles. The number of rotatable bonds is 8. The van der Waals surface area contributed by atoms with Crippen LogP contribution in [0.15, 0.2) is 0 Å². The predicted molar refractivity (Wildman–Crippen MR) is 57.1 cm³/mol. The van der Waals surface area contributed by atoms with Crippen molar-refractivity contribution in [3.8, 4) is 0 Å². The van der Waals surface area contributed by atoms with E-state index < -0.39 is 5.60 Å². The Kier molecular flexibility index (Phi) is 7.15. The fraction of sp³-hybridized carbons (Fsp3) is 1.00. The maximum absolute atomic E-state index is 9.54. The quantitative estimate of drug-likeness (QED) is 0.524. The van der Waals surface area contributed by atoms with E-state index in [1.165, 1.54) is 0 Å². The van der Waals surface area contributed by atoms with Crippen LogP contribution in [0.3, 0.4) is 0 Å². The SMILES string of the molecule is CC(C)(O)CCC(O)CCCCCO. The van der Waals surface area contributed by atoms with E-state index in [2.05, 4.69) is 0 Å². The fourth-order valence-electron chi connectivity index (χ4n) is 1.33. The lowest BCUT2D eigenvalue weighted by Crippen LogP contribution is -2.21. The second-order valence-electron chi connectivity index (χ2n) is 4.58. The van der Waals surface area contributed by atoms with Gasteiger partial charge in [-0.3, -0.25) is 0 Å². The summed E-state index contributed by atoms with van der Waals surface area (Å²) in [5.41, 5.74) is -0.675. The molecule has 0 heterocycles. The summed E-state index contributed by atoms with van der Waals surface area (Å²) in [6, 6.07) is 0. The van der Waals surface area contributed by atoms with Crippen LogP contribution in [-0.4, -0.2) is 33.6 Å². The molecule has 0 fully saturated rings. The Balaban J connectivity index is 3.32. The zero-order valence-electron chi connectivity index (χ0n) is 9.37. The van der Waals surface area contributed by atoms with Crippen LogP contribution < -0.4 is 0 Å². The van der Waals surface area contributed by atoms with Gasteiger partial charge in [-0.2, -0.15) is 0 Å². The zero-order valence-corrected chi connectivity index (χ0v) is 9.37. The van der Waals surface area contributed by atoms with Crippen LogP contribution in [0.5, 0.6) is 0 Å². The lowest BCUT2D eigenvalue weighted by Gasteiger charge is -2.19. The first-order chi connectivity index (χ1) is 6.45. The fourth-order valence-corrected chi connectivity index (χ4v) is 1.33. The standard InChI is InChI=1S/C11H24O3/c1-11(2,14)8-7-10(13)6-4-3-5-9-12/h10,12-14H,3-9H2,1-2H3. The molecule has 14 heavy (non-hydrogen) atoms. The van der Waals surface area contributed by atoms with Crippen molar-refractivity contribution in [2.45, 2.75) is 64.1 Å². The third kappa shape index (κ3) is 9.96. The summed E-state index contributed by atoms with van der Waals surface area (Å²) in [6.07, 6.45) is 4.49. The maximum Gasteiger partial charge on any atom is 0.0592 e. The molecule has 0 aliphatic carbocycles. The van der Waals surface area contributed by atoms with Gasteiger partial charge in [0, 0.05) is 6.61 Å². The van der Waals surface area contributed by atoms with Crippen molar-refractivity contribution in [3.05, 3.63) is 0 Å². The molecule has 1 unspecified atom stereocenters. The molecule has 0 spiro atoms. The van der Waals surface area contributed by atoms with E-state index in [1.54, 1.807) is 13.8 Å². The van der Waals surface area contributed by atoms with Crippen molar-refractivity contribution in [1.82, 2.24) is 0 Å². The Morgan fingerprint density at radius 2 is 1.71 bits per heavy atom. The van der Waals surface area contributed by atoms with Gasteiger partial charge < -0.3 is 15.3 Å². The van der Waals surface area contributed by atoms with Crippen LogP contribution in [0, 0.1) is 0 Å². The average molecular weight is 204 g/mol. The minimum Gasteiger partial charge on any atom is -0.396 e. The summed E-state index contributed by atoms with van der Waals surface area (Å²) in [7, 11) is 0. The average Bonchev–Trinajstić information content (AvgIpc) is 2.08. The van der Waals surface area contributed by atoms with Gasteiger partial charge in [0.25, 0.3) is 0 Å². The number of hydrogen-bond acceptors (Lipinski definition) is 3. The maximum atomic E-state index is 9.54. The zero-order chi connectivity index (χ0) is 11.0. The van der Waals surface area contributed by atoms with E-state index in [0.29, 0.717) is 12.8 Å². The molecule has 0 aromatic carbocycles. The molecule has 0 aliphatic rings. The van der Waals surface area contributed by atoms with Crippen molar-refractivity contribution < 1.29 is 15.3 Å². The molecule has 3 nitrogen and oxygen atoms in total. The highest BCUT2D eigenvalue weighted by molar-refractivity contribution is 4.68. The van der Waals surface area contributed by atoms with E-state index in [0.717, 1.165) is 25.7 Å². The van der Waals surface area contributed by atoms with E-state index in [9.17, 15) is 10.2 Å². The van der Waals surface area contributed by atoms with Crippen molar-refractivity contribution in [1.29, 1.82) is 0 Å². The summed E-state index contributed by atoms with van der Waals surface area (Å²) >= 11 is 0. The van der Waals surface area contributed by atoms with Crippen LogP contribution in [-0.2, 0) is 0 Å². The minimum atomic E-state index is -0.675. The summed E-state index contributed by atoms with van der Waals surface area (Å²) in [5.74, 6) is 0. The molecule has 0 bridgehead atoms. The minimum absolute atomic E-state index is 0.236. The number of unbranched alkanes of at least 4 members (excludes halogenated alkanes) is 2. The normalized spacial score (nSPS) is 14.4. The number of aliphatic hydroxyl groups is 3. The number of aliphatic hydroxyl groups excluding tert-OH is 2. The number of hydrogen-bond donors (Lipinski definition) is 3. The summed E-state index contributed by atoms with van der Waals surface area (Å²) in [5, 5.41) is 27.5. The largest absolute Gasteiger partial charge is 0.396 e. The molecule has 0 aromatic heterocycles. The summed E-state index contributed by atoms with van der Waals surface area (Å²) in [6.45, 7) is 3.75. The van der Waals surface area contributed by atoms with Gasteiger partial charge in [-0.05, 0) is 39.5 Å². The summed E-state index contributed by atoms with van der Waals surface area (Å²) in [4.78, 5) is 0. The van der Waals surface area contributed by atoms with E-state index in [-0.39, 0.29) is 12.7 Å². The predicted octanol–water partition coefficient (Wildman–Crippen LogP) is 1.45. The Bertz CT molecular complexity index is 129. The van der Waals surface area contributed by atoms with Gasteiger partial charge in [-0.15, -0.1) is 0 Å². The van der Waals surface area contributed by atoms with Gasteiger partial charge in [-0.25, -0.2) is 0 Å². The van der Waals surface area contributed by atoms with E-state index in [4.69, 9.17) is 5.11 Å². The van der Waals surface area contributed by atoms with Crippen LogP contribution in [0.25, 0.3) is 0 Å². The first-order valence-electron chi connectivity index (χ1n) is 5.47. The first kappa shape index (κ1) is 13.9. The molecule has 3 N–H and O–H groups in total. The third-order valence-electron chi connectivity index (χ3n) is 2.28. The van der Waals surface area contributed by atoms with Gasteiger partial charge in [0.05, 0.1) is 11.7 Å². The van der Waals surface area contributed by atoms with Crippen LogP contribution in [0.2, 0.25) is 0 Å². The molecule has 0 aromatic rings. The Hall–Kier alpha value is -0.120. The Morgan fingerprint density at radius 3 is 2.21 bits per heavy atom. The van der Waals surface area contributed by atoms with Crippen molar-refractivity contribution in [3.63, 3.8) is 0 Å². The lowest BCUT2D eigenvalue weighted by atomic mass is 9.98. The van der Waals surface area contributed by atoms with Crippen molar-refractivity contribution in [2.24, 2.45) is 0 Å². The second kappa shape index (κ2) is 7.21. The molecular weight excluding hydrogens is 180 g/mol. The first-order valence-corrected chi connectivity index (χ1v) is 5.47.